The fourth-order valence-corrected chi connectivity index (χ4v) is 1.70. The molecule has 2 N–H and O–H groups in total. The average Bonchev–Trinajstić information content (AvgIpc) is 2.49. The minimum Gasteiger partial charge on any atom is -0.466 e. The number of ether oxygens (including phenoxy) is 2. The molecule has 0 aliphatic carbocycles. The Hall–Kier alpha value is -2.56. The molecule has 2 aromatic rings. The van der Waals surface area contributed by atoms with Crippen LogP contribution in [-0.4, -0.2) is 24.2 Å². The predicted octanol–water partition coefficient (Wildman–Crippen LogP) is 2.27. The number of nitrogen functional groups attached to an aromatic ring is 1. The van der Waals surface area contributed by atoms with Crippen LogP contribution in [0.3, 0.4) is 0 Å². The van der Waals surface area contributed by atoms with Crippen LogP contribution in [0.15, 0.2) is 42.5 Å². The molecule has 0 saturated carbocycles. The second-order valence-corrected chi connectivity index (χ2v) is 4.24. The summed E-state index contributed by atoms with van der Waals surface area (Å²) in [5, 5.41) is 0. The smallest absolute Gasteiger partial charge is 0.346 e. The van der Waals surface area contributed by atoms with Crippen molar-refractivity contribution in [1.82, 2.24) is 4.98 Å². The van der Waals surface area contributed by atoms with Crippen molar-refractivity contribution in [2.45, 2.75) is 13.0 Å². The number of pyridine rings is 1. The molecule has 0 fully saturated rings. The fraction of sp³-hybridized carbons (Fsp3) is 0.200. The highest BCUT2D eigenvalue weighted by Crippen LogP contribution is 2.25. The van der Waals surface area contributed by atoms with E-state index in [-0.39, 0.29) is 5.88 Å². The number of anilines is 1. The first-order valence-electron chi connectivity index (χ1n) is 6.18. The van der Waals surface area contributed by atoms with Crippen LogP contribution >= 0.6 is 0 Å². The normalized spacial score (nSPS) is 11.7. The van der Waals surface area contributed by atoms with Gasteiger partial charge >= 0.3 is 5.97 Å². The van der Waals surface area contributed by atoms with E-state index in [1.807, 2.05) is 30.3 Å². The van der Waals surface area contributed by atoms with Crippen LogP contribution in [0.4, 0.5) is 5.69 Å². The summed E-state index contributed by atoms with van der Waals surface area (Å²) >= 11 is 0. The molecule has 0 amide bonds. The fourth-order valence-electron chi connectivity index (χ4n) is 1.70. The standard InChI is InChI=1S/C15H16N2O3/c1-10(15(18)19-2)20-14-12(16)8-9-13(17-14)11-6-4-3-5-7-11/h3-10H,16H2,1-2H3/t10-/m1/s1. The van der Waals surface area contributed by atoms with E-state index in [0.717, 1.165) is 11.3 Å². The zero-order valence-corrected chi connectivity index (χ0v) is 11.4. The third-order valence-electron chi connectivity index (χ3n) is 2.78. The van der Waals surface area contributed by atoms with Gasteiger partial charge in [-0.05, 0) is 19.1 Å². The van der Waals surface area contributed by atoms with Gasteiger partial charge in [-0.25, -0.2) is 9.78 Å². The third-order valence-corrected chi connectivity index (χ3v) is 2.78. The van der Waals surface area contributed by atoms with Crippen molar-refractivity contribution >= 4 is 11.7 Å². The van der Waals surface area contributed by atoms with Gasteiger partial charge in [0.05, 0.1) is 18.5 Å². The number of nitrogens with two attached hydrogens (primary N) is 1. The molecule has 0 bridgehead atoms. The lowest BCUT2D eigenvalue weighted by Gasteiger charge is -2.14. The van der Waals surface area contributed by atoms with E-state index >= 15 is 0 Å². The molecule has 5 heteroatoms. The van der Waals surface area contributed by atoms with Crippen LogP contribution in [0.2, 0.25) is 0 Å². The van der Waals surface area contributed by atoms with Crippen LogP contribution in [0.5, 0.6) is 5.88 Å². The summed E-state index contributed by atoms with van der Waals surface area (Å²) in [6.07, 6.45) is -0.763. The van der Waals surface area contributed by atoms with Crippen molar-refractivity contribution in [1.29, 1.82) is 0 Å². The SMILES string of the molecule is COC(=O)[C@@H](C)Oc1nc(-c2ccccc2)ccc1N. The summed E-state index contributed by atoms with van der Waals surface area (Å²) in [6.45, 7) is 1.59. The molecule has 104 valence electrons. The number of benzene rings is 1. The number of carbonyl (C=O) groups excluding carboxylic acids is 1. The number of esters is 1. The highest BCUT2D eigenvalue weighted by Gasteiger charge is 2.17. The largest absolute Gasteiger partial charge is 0.466 e. The van der Waals surface area contributed by atoms with E-state index in [9.17, 15) is 4.79 Å². The molecule has 5 nitrogen and oxygen atoms in total. The Balaban J connectivity index is 2.28. The number of hydrogen-bond acceptors (Lipinski definition) is 5. The first-order chi connectivity index (χ1) is 9.61. The zero-order chi connectivity index (χ0) is 14.5. The van der Waals surface area contributed by atoms with Crippen LogP contribution < -0.4 is 10.5 Å². The van der Waals surface area contributed by atoms with Crippen molar-refractivity contribution in [3.8, 4) is 17.1 Å². The van der Waals surface area contributed by atoms with Crippen LogP contribution in [0, 0.1) is 0 Å². The van der Waals surface area contributed by atoms with Gasteiger partial charge in [0.1, 0.15) is 0 Å². The zero-order valence-electron chi connectivity index (χ0n) is 11.4. The monoisotopic (exact) mass is 272 g/mol. The van der Waals surface area contributed by atoms with Gasteiger partial charge in [0.25, 0.3) is 0 Å². The summed E-state index contributed by atoms with van der Waals surface area (Å²) in [6, 6.07) is 13.2. The molecule has 1 aromatic carbocycles. The lowest BCUT2D eigenvalue weighted by Crippen LogP contribution is -2.25. The Morgan fingerprint density at radius 3 is 2.55 bits per heavy atom. The van der Waals surface area contributed by atoms with Gasteiger partial charge in [-0.3, -0.25) is 0 Å². The van der Waals surface area contributed by atoms with E-state index in [4.69, 9.17) is 10.5 Å². The maximum absolute atomic E-state index is 11.4. The maximum Gasteiger partial charge on any atom is 0.346 e. The summed E-state index contributed by atoms with van der Waals surface area (Å²) < 4.78 is 10.1. The molecule has 0 radical (unpaired) electrons. The van der Waals surface area contributed by atoms with E-state index < -0.39 is 12.1 Å². The molecule has 0 aliphatic rings. The molecule has 2 rings (SSSR count). The number of rotatable bonds is 4. The number of carbonyl (C=O) groups is 1. The van der Waals surface area contributed by atoms with Gasteiger partial charge in [0.15, 0.2) is 6.10 Å². The van der Waals surface area contributed by atoms with Crippen molar-refractivity contribution in [2.24, 2.45) is 0 Å². The molecular weight excluding hydrogens is 256 g/mol. The molecule has 0 spiro atoms. The molecule has 1 aromatic heterocycles. The van der Waals surface area contributed by atoms with Gasteiger partial charge in [-0.15, -0.1) is 0 Å². The van der Waals surface area contributed by atoms with E-state index in [2.05, 4.69) is 9.72 Å². The number of nitrogens with zero attached hydrogens (tertiary/aromatic N) is 1. The highest BCUT2D eigenvalue weighted by molar-refractivity contribution is 5.74. The van der Waals surface area contributed by atoms with Crippen molar-refractivity contribution < 1.29 is 14.3 Å². The quantitative estimate of drug-likeness (QED) is 0.864. The Kier molecular flexibility index (Phi) is 4.20. The molecule has 0 aliphatic heterocycles. The summed E-state index contributed by atoms with van der Waals surface area (Å²) in [7, 11) is 1.30. The van der Waals surface area contributed by atoms with Crippen molar-refractivity contribution in [3.63, 3.8) is 0 Å². The Bertz CT molecular complexity index is 599. The summed E-state index contributed by atoms with van der Waals surface area (Å²) in [5.41, 5.74) is 7.87. The minimum atomic E-state index is -0.763. The minimum absolute atomic E-state index is 0.226. The first kappa shape index (κ1) is 13.9. The van der Waals surface area contributed by atoms with Gasteiger partial charge in [-0.1, -0.05) is 30.3 Å². The molecule has 0 saturated heterocycles. The van der Waals surface area contributed by atoms with Crippen LogP contribution in [0.25, 0.3) is 11.3 Å². The highest BCUT2D eigenvalue weighted by atomic mass is 16.6. The number of hydrogen-bond donors (Lipinski definition) is 1. The van der Waals surface area contributed by atoms with E-state index in [1.54, 1.807) is 19.1 Å². The lowest BCUT2D eigenvalue weighted by atomic mass is 10.1. The Labute approximate surface area is 117 Å². The Morgan fingerprint density at radius 2 is 1.90 bits per heavy atom. The van der Waals surface area contributed by atoms with Crippen LogP contribution in [0.1, 0.15) is 6.92 Å². The average molecular weight is 272 g/mol. The van der Waals surface area contributed by atoms with Gasteiger partial charge in [-0.2, -0.15) is 0 Å². The molecule has 0 unspecified atom stereocenters. The van der Waals surface area contributed by atoms with Crippen LogP contribution in [-0.2, 0) is 9.53 Å². The van der Waals surface area contributed by atoms with E-state index in [1.165, 1.54) is 7.11 Å². The lowest BCUT2D eigenvalue weighted by molar-refractivity contribution is -0.148. The van der Waals surface area contributed by atoms with Crippen molar-refractivity contribution in [2.75, 3.05) is 12.8 Å². The second-order valence-electron chi connectivity index (χ2n) is 4.24. The Morgan fingerprint density at radius 1 is 1.20 bits per heavy atom. The second kappa shape index (κ2) is 6.06. The van der Waals surface area contributed by atoms with Crippen molar-refractivity contribution in [3.05, 3.63) is 42.5 Å². The third kappa shape index (κ3) is 3.06. The number of methoxy groups -OCH3 is 1. The maximum atomic E-state index is 11.4. The van der Waals surface area contributed by atoms with Gasteiger partial charge in [0, 0.05) is 5.56 Å². The molecule has 1 atom stereocenters. The number of aromatic nitrogens is 1. The van der Waals surface area contributed by atoms with Gasteiger partial charge in [0.2, 0.25) is 5.88 Å². The molecule has 1 heterocycles. The molecular formula is C15H16N2O3. The summed E-state index contributed by atoms with van der Waals surface area (Å²) in [4.78, 5) is 15.7. The molecule has 20 heavy (non-hydrogen) atoms. The van der Waals surface area contributed by atoms with E-state index in [0.29, 0.717) is 5.69 Å². The summed E-state index contributed by atoms with van der Waals surface area (Å²) in [5.74, 6) is -0.249. The predicted molar refractivity (Wildman–Crippen MR) is 76.2 cm³/mol. The first-order valence-corrected chi connectivity index (χ1v) is 6.18. The van der Waals surface area contributed by atoms with Gasteiger partial charge < -0.3 is 15.2 Å². The topological polar surface area (TPSA) is 74.4 Å².